The molecule has 0 saturated heterocycles. The second-order valence-electron chi connectivity index (χ2n) is 7.15. The molecular formula is C21H17NO2. The number of phenols is 1. The number of allylic oxidation sites excluding steroid dienone is 2. The molecule has 2 aromatic carbocycles. The summed E-state index contributed by atoms with van der Waals surface area (Å²) < 4.78 is 0. The average Bonchev–Trinajstić information content (AvgIpc) is 2.94. The molecule has 0 heterocycles. The number of ketones is 1. The summed E-state index contributed by atoms with van der Waals surface area (Å²) in [5, 5.41) is 19.2. The SMILES string of the molecule is Cc1cc2c(cc1O)C(C)(C)C1=C(C2=O)c2ccc(C#N)cc2C1. The van der Waals surface area contributed by atoms with Gasteiger partial charge in [0.05, 0.1) is 11.6 Å². The highest BCUT2D eigenvalue weighted by molar-refractivity contribution is 6.33. The van der Waals surface area contributed by atoms with Crippen LogP contribution in [0.15, 0.2) is 35.9 Å². The fraction of sp³-hybridized carbons (Fsp3) is 0.238. The molecule has 0 bridgehead atoms. The lowest BCUT2D eigenvalue weighted by Gasteiger charge is -2.34. The van der Waals surface area contributed by atoms with Crippen molar-refractivity contribution in [3.8, 4) is 11.8 Å². The molecule has 2 aliphatic rings. The lowest BCUT2D eigenvalue weighted by Crippen LogP contribution is -2.29. The highest BCUT2D eigenvalue weighted by atomic mass is 16.3. The maximum Gasteiger partial charge on any atom is 0.193 e. The van der Waals surface area contributed by atoms with E-state index < -0.39 is 0 Å². The number of aromatic hydroxyl groups is 1. The van der Waals surface area contributed by atoms with Crippen molar-refractivity contribution >= 4 is 11.4 Å². The van der Waals surface area contributed by atoms with Gasteiger partial charge >= 0.3 is 0 Å². The number of benzene rings is 2. The Labute approximate surface area is 140 Å². The van der Waals surface area contributed by atoms with Crippen molar-refractivity contribution in [2.75, 3.05) is 0 Å². The van der Waals surface area contributed by atoms with E-state index in [1.54, 1.807) is 18.2 Å². The zero-order valence-electron chi connectivity index (χ0n) is 13.9. The van der Waals surface area contributed by atoms with E-state index in [2.05, 4.69) is 19.9 Å². The number of hydrogen-bond donors (Lipinski definition) is 1. The Kier molecular flexibility index (Phi) is 2.81. The van der Waals surface area contributed by atoms with E-state index in [1.807, 2.05) is 19.1 Å². The standard InChI is InChI=1S/C21H17NO2/c1-11-6-15-16(9-18(11)23)21(2,3)17-8-13-7-12(10-22)4-5-14(13)19(17)20(15)24/h4-7,9,23H,8H2,1-3H3. The van der Waals surface area contributed by atoms with Gasteiger partial charge in [-0.3, -0.25) is 4.79 Å². The number of fused-ring (bicyclic) bond motifs is 3. The van der Waals surface area contributed by atoms with Gasteiger partial charge in [-0.25, -0.2) is 0 Å². The van der Waals surface area contributed by atoms with Crippen LogP contribution in [-0.2, 0) is 11.8 Å². The van der Waals surface area contributed by atoms with E-state index in [4.69, 9.17) is 5.26 Å². The maximum atomic E-state index is 13.2. The Morgan fingerprint density at radius 1 is 1.17 bits per heavy atom. The third-order valence-corrected chi connectivity index (χ3v) is 5.41. The van der Waals surface area contributed by atoms with Crippen LogP contribution in [0.1, 0.15) is 52.0 Å². The first-order valence-corrected chi connectivity index (χ1v) is 8.00. The molecule has 0 spiro atoms. The van der Waals surface area contributed by atoms with Gasteiger partial charge < -0.3 is 5.11 Å². The normalized spacial score (nSPS) is 17.2. The highest BCUT2D eigenvalue weighted by Gasteiger charge is 2.43. The molecular weight excluding hydrogens is 298 g/mol. The second-order valence-corrected chi connectivity index (χ2v) is 7.15. The molecule has 2 aliphatic carbocycles. The molecule has 0 unspecified atom stereocenters. The first kappa shape index (κ1) is 14.7. The quantitative estimate of drug-likeness (QED) is 0.797. The van der Waals surface area contributed by atoms with Crippen LogP contribution in [0.25, 0.3) is 5.57 Å². The Balaban J connectivity index is 1.98. The Morgan fingerprint density at radius 3 is 2.62 bits per heavy atom. The van der Waals surface area contributed by atoms with Crippen LogP contribution in [0.4, 0.5) is 0 Å². The van der Waals surface area contributed by atoms with Crippen LogP contribution in [0.2, 0.25) is 0 Å². The minimum absolute atomic E-state index is 0.0193. The van der Waals surface area contributed by atoms with E-state index in [9.17, 15) is 9.90 Å². The summed E-state index contributed by atoms with van der Waals surface area (Å²) in [6.07, 6.45) is 0.674. The zero-order valence-corrected chi connectivity index (χ0v) is 13.9. The first-order chi connectivity index (χ1) is 11.3. The predicted molar refractivity (Wildman–Crippen MR) is 92.0 cm³/mol. The minimum Gasteiger partial charge on any atom is -0.508 e. The molecule has 0 amide bonds. The van der Waals surface area contributed by atoms with Crippen molar-refractivity contribution in [2.45, 2.75) is 32.6 Å². The summed E-state index contributed by atoms with van der Waals surface area (Å²) in [7, 11) is 0. The Morgan fingerprint density at radius 2 is 1.92 bits per heavy atom. The molecule has 4 rings (SSSR count). The molecule has 0 saturated carbocycles. The second kappa shape index (κ2) is 4.58. The minimum atomic E-state index is -0.338. The lowest BCUT2D eigenvalue weighted by molar-refractivity contribution is 0.105. The number of hydrogen-bond acceptors (Lipinski definition) is 3. The largest absolute Gasteiger partial charge is 0.508 e. The number of nitrogens with zero attached hydrogens (tertiary/aromatic N) is 1. The third-order valence-electron chi connectivity index (χ3n) is 5.41. The Hall–Kier alpha value is -2.86. The van der Waals surface area contributed by atoms with Crippen molar-refractivity contribution in [3.63, 3.8) is 0 Å². The van der Waals surface area contributed by atoms with Crippen LogP contribution in [0.5, 0.6) is 5.75 Å². The van der Waals surface area contributed by atoms with Gasteiger partial charge in [0.15, 0.2) is 5.78 Å². The summed E-state index contributed by atoms with van der Waals surface area (Å²) in [6.45, 7) is 6.00. The van der Waals surface area contributed by atoms with Gasteiger partial charge in [0, 0.05) is 16.6 Å². The number of Topliss-reactive ketones (excluding diaryl/α,β-unsaturated/α-hetero) is 1. The summed E-state index contributed by atoms with van der Waals surface area (Å²) in [4.78, 5) is 13.2. The molecule has 2 aromatic rings. The number of phenolic OH excluding ortho intramolecular Hbond substituents is 1. The smallest absolute Gasteiger partial charge is 0.193 e. The van der Waals surface area contributed by atoms with Crippen LogP contribution < -0.4 is 0 Å². The number of nitriles is 1. The predicted octanol–water partition coefficient (Wildman–Crippen LogP) is 4.06. The highest BCUT2D eigenvalue weighted by Crippen LogP contribution is 2.50. The van der Waals surface area contributed by atoms with E-state index in [0.717, 1.165) is 27.8 Å². The molecule has 0 radical (unpaired) electrons. The number of rotatable bonds is 0. The van der Waals surface area contributed by atoms with Gasteiger partial charge in [-0.1, -0.05) is 19.9 Å². The van der Waals surface area contributed by atoms with E-state index in [0.29, 0.717) is 23.1 Å². The monoisotopic (exact) mass is 315 g/mol. The topological polar surface area (TPSA) is 61.1 Å². The average molecular weight is 315 g/mol. The zero-order chi connectivity index (χ0) is 17.2. The van der Waals surface area contributed by atoms with Gasteiger partial charge in [0.1, 0.15) is 5.75 Å². The molecule has 0 aromatic heterocycles. The number of carbonyl (C=O) groups excluding carboxylic acids is 1. The Bertz CT molecular complexity index is 1000. The number of carbonyl (C=O) groups is 1. The molecule has 3 nitrogen and oxygen atoms in total. The van der Waals surface area contributed by atoms with Crippen LogP contribution in [0.3, 0.4) is 0 Å². The van der Waals surface area contributed by atoms with Crippen molar-refractivity contribution in [2.24, 2.45) is 0 Å². The van der Waals surface area contributed by atoms with E-state index in [1.165, 1.54) is 0 Å². The van der Waals surface area contributed by atoms with Gasteiger partial charge in [-0.15, -0.1) is 0 Å². The van der Waals surface area contributed by atoms with Crippen molar-refractivity contribution in [1.29, 1.82) is 5.26 Å². The van der Waals surface area contributed by atoms with E-state index >= 15 is 0 Å². The molecule has 0 fully saturated rings. The van der Waals surface area contributed by atoms with Gasteiger partial charge in [0.2, 0.25) is 0 Å². The molecule has 24 heavy (non-hydrogen) atoms. The van der Waals surface area contributed by atoms with Crippen molar-refractivity contribution in [3.05, 3.63) is 69.3 Å². The lowest BCUT2D eigenvalue weighted by atomic mass is 9.68. The van der Waals surface area contributed by atoms with Crippen molar-refractivity contribution in [1.82, 2.24) is 0 Å². The van der Waals surface area contributed by atoms with Gasteiger partial charge in [0.25, 0.3) is 0 Å². The maximum absolute atomic E-state index is 13.2. The van der Waals surface area contributed by atoms with Crippen molar-refractivity contribution < 1.29 is 9.90 Å². The van der Waals surface area contributed by atoms with Crippen LogP contribution >= 0.6 is 0 Å². The molecule has 1 N–H and O–H groups in total. The molecule has 0 atom stereocenters. The van der Waals surface area contributed by atoms with Gasteiger partial charge in [-0.2, -0.15) is 5.26 Å². The fourth-order valence-electron chi connectivity index (χ4n) is 3.99. The third kappa shape index (κ3) is 1.74. The van der Waals surface area contributed by atoms with E-state index in [-0.39, 0.29) is 16.9 Å². The fourth-order valence-corrected chi connectivity index (χ4v) is 3.99. The first-order valence-electron chi connectivity index (χ1n) is 8.00. The molecule has 0 aliphatic heterocycles. The van der Waals surface area contributed by atoms with Crippen LogP contribution in [0, 0.1) is 18.3 Å². The number of aryl methyl sites for hydroxylation is 1. The van der Waals surface area contributed by atoms with Gasteiger partial charge in [-0.05, 0) is 65.4 Å². The molecule has 3 heteroatoms. The summed E-state index contributed by atoms with van der Waals surface area (Å²) >= 11 is 0. The summed E-state index contributed by atoms with van der Waals surface area (Å²) in [6, 6.07) is 11.2. The van der Waals surface area contributed by atoms with Crippen LogP contribution in [-0.4, -0.2) is 10.9 Å². The summed E-state index contributed by atoms with van der Waals surface area (Å²) in [5.41, 5.74) is 6.37. The summed E-state index contributed by atoms with van der Waals surface area (Å²) in [5.74, 6) is 0.242. The molecule has 118 valence electrons.